The summed E-state index contributed by atoms with van der Waals surface area (Å²) < 4.78 is 0. The largest absolute Gasteiger partial charge is 0.385 e. The number of amides is 2. The molecule has 0 aromatic carbocycles. The fourth-order valence-corrected chi connectivity index (χ4v) is 4.83. The van der Waals surface area contributed by atoms with E-state index in [1.54, 1.807) is 0 Å². The van der Waals surface area contributed by atoms with Crippen molar-refractivity contribution in [2.45, 2.75) is 167 Å². The zero-order valence-electron chi connectivity index (χ0n) is 28.5. The first kappa shape index (κ1) is 41.8. The summed E-state index contributed by atoms with van der Waals surface area (Å²) in [7, 11) is 0. The zero-order chi connectivity index (χ0) is 32.4. The van der Waals surface area contributed by atoms with Crippen molar-refractivity contribution in [3.63, 3.8) is 0 Å². The molecule has 0 bridgehead atoms. The Labute approximate surface area is 270 Å². The molecule has 4 N–H and O–H groups in total. The minimum atomic E-state index is -0.475. The van der Waals surface area contributed by atoms with E-state index in [1.807, 2.05) is 24.3 Å². The Morgan fingerprint density at radius 3 is 1.11 bits per heavy atom. The minimum Gasteiger partial charge on any atom is -0.385 e. The Balaban J connectivity index is 3.51. The number of allylic oxidation sites excluding steroid dienone is 4. The summed E-state index contributed by atoms with van der Waals surface area (Å²) in [5.41, 5.74) is 0. The van der Waals surface area contributed by atoms with Crippen LogP contribution in [0, 0.1) is 0 Å². The van der Waals surface area contributed by atoms with Gasteiger partial charge >= 0.3 is 0 Å². The molecule has 0 saturated heterocycles. The normalized spacial score (nSPS) is 13.5. The van der Waals surface area contributed by atoms with Crippen molar-refractivity contribution in [3.8, 4) is 0 Å². The van der Waals surface area contributed by atoms with Crippen molar-refractivity contribution in [2.75, 3.05) is 13.1 Å². The van der Waals surface area contributed by atoms with Gasteiger partial charge in [-0.15, -0.1) is 0 Å². The van der Waals surface area contributed by atoms with E-state index in [0.717, 1.165) is 89.9 Å². The lowest BCUT2D eigenvalue weighted by Crippen LogP contribution is -2.34. The SMILES string of the molecule is CCCCC/C=C\C(O)/C=C\CCCCCCCC(=O)NCCNC(=O)CCCCCCC/C=C\C(O)/C=C\CCCCC. The van der Waals surface area contributed by atoms with E-state index in [4.69, 9.17) is 0 Å². The maximum Gasteiger partial charge on any atom is 0.220 e. The number of carbonyl (C=O) groups is 2. The second kappa shape index (κ2) is 33.7. The lowest BCUT2D eigenvalue weighted by atomic mass is 10.1. The molecule has 44 heavy (non-hydrogen) atoms. The standard InChI is InChI=1S/C38H68N2O4/c1-3-5-7-15-21-27-35(41)29-23-17-11-9-13-19-25-31-37(43)39-33-34-40-38(44)32-26-20-14-10-12-18-24-30-36(42)28-22-16-8-6-4-2/h21-24,27-30,35-36,41-42H,3-20,25-26,31-34H2,1-2H3,(H,39,43)(H,40,44)/b27-21-,28-22-,29-23-,30-24-. The van der Waals surface area contributed by atoms with Crippen LogP contribution in [-0.2, 0) is 9.59 Å². The number of carbonyl (C=O) groups excluding carboxylic acids is 2. The predicted molar refractivity (Wildman–Crippen MR) is 188 cm³/mol. The number of hydrogen-bond acceptors (Lipinski definition) is 4. The summed E-state index contributed by atoms with van der Waals surface area (Å²) in [6.07, 6.45) is 37.9. The van der Waals surface area contributed by atoms with E-state index in [9.17, 15) is 19.8 Å². The molecule has 6 nitrogen and oxygen atoms in total. The maximum atomic E-state index is 12.0. The Morgan fingerprint density at radius 1 is 0.477 bits per heavy atom. The molecule has 0 aliphatic carbocycles. The molecule has 0 aliphatic rings. The third kappa shape index (κ3) is 32.7. The zero-order valence-corrected chi connectivity index (χ0v) is 28.5. The molecule has 0 fully saturated rings. The molecule has 0 saturated carbocycles. The highest BCUT2D eigenvalue weighted by Crippen LogP contribution is 2.10. The number of rotatable bonds is 31. The highest BCUT2D eigenvalue weighted by Gasteiger charge is 2.03. The van der Waals surface area contributed by atoms with Gasteiger partial charge in [-0.3, -0.25) is 9.59 Å². The average molecular weight is 617 g/mol. The molecular formula is C38H68N2O4. The molecule has 0 spiro atoms. The summed E-state index contributed by atoms with van der Waals surface area (Å²) in [6, 6.07) is 0. The van der Waals surface area contributed by atoms with Crippen LogP contribution >= 0.6 is 0 Å². The van der Waals surface area contributed by atoms with Crippen LogP contribution < -0.4 is 10.6 Å². The van der Waals surface area contributed by atoms with Gasteiger partial charge < -0.3 is 20.8 Å². The van der Waals surface area contributed by atoms with Crippen molar-refractivity contribution in [2.24, 2.45) is 0 Å². The van der Waals surface area contributed by atoms with Gasteiger partial charge in [0.25, 0.3) is 0 Å². The number of nitrogens with one attached hydrogen (secondary N) is 2. The van der Waals surface area contributed by atoms with Gasteiger partial charge in [0.1, 0.15) is 0 Å². The summed E-state index contributed by atoms with van der Waals surface area (Å²) >= 11 is 0. The van der Waals surface area contributed by atoms with Crippen LogP contribution in [0.3, 0.4) is 0 Å². The lowest BCUT2D eigenvalue weighted by Gasteiger charge is -2.07. The summed E-state index contributed by atoms with van der Waals surface area (Å²) in [5, 5.41) is 25.6. The van der Waals surface area contributed by atoms with Crippen molar-refractivity contribution in [1.82, 2.24) is 10.6 Å². The van der Waals surface area contributed by atoms with Gasteiger partial charge in [0.05, 0.1) is 12.2 Å². The van der Waals surface area contributed by atoms with E-state index < -0.39 is 12.2 Å². The van der Waals surface area contributed by atoms with Crippen LogP contribution in [0.25, 0.3) is 0 Å². The van der Waals surface area contributed by atoms with Crippen molar-refractivity contribution >= 4 is 11.8 Å². The monoisotopic (exact) mass is 617 g/mol. The summed E-state index contributed by atoms with van der Waals surface area (Å²) in [5.74, 6) is 0.115. The van der Waals surface area contributed by atoms with Crippen LogP contribution in [0.5, 0.6) is 0 Å². The Kier molecular flexibility index (Phi) is 32.0. The van der Waals surface area contributed by atoms with E-state index in [2.05, 4.69) is 48.8 Å². The van der Waals surface area contributed by atoms with Gasteiger partial charge in [-0.25, -0.2) is 0 Å². The molecule has 254 valence electrons. The Morgan fingerprint density at radius 2 is 0.773 bits per heavy atom. The predicted octanol–water partition coefficient (Wildman–Crippen LogP) is 8.79. The maximum absolute atomic E-state index is 12.0. The van der Waals surface area contributed by atoms with E-state index >= 15 is 0 Å². The molecule has 0 aromatic heterocycles. The van der Waals surface area contributed by atoms with Gasteiger partial charge in [-0.05, 0) is 64.2 Å². The van der Waals surface area contributed by atoms with Crippen LogP contribution in [0.2, 0.25) is 0 Å². The van der Waals surface area contributed by atoms with Crippen molar-refractivity contribution in [1.29, 1.82) is 0 Å². The summed E-state index contributed by atoms with van der Waals surface area (Å²) in [4.78, 5) is 24.0. The van der Waals surface area contributed by atoms with Gasteiger partial charge in [0.2, 0.25) is 11.8 Å². The van der Waals surface area contributed by atoms with E-state index in [0.29, 0.717) is 25.9 Å². The van der Waals surface area contributed by atoms with Gasteiger partial charge in [-0.2, -0.15) is 0 Å². The van der Waals surface area contributed by atoms with Crippen LogP contribution in [0.15, 0.2) is 48.6 Å². The topological polar surface area (TPSA) is 98.7 Å². The number of unbranched alkanes of at least 4 members (excludes halogenated alkanes) is 16. The highest BCUT2D eigenvalue weighted by molar-refractivity contribution is 5.77. The third-order valence-corrected chi connectivity index (χ3v) is 7.60. The lowest BCUT2D eigenvalue weighted by molar-refractivity contribution is -0.123. The third-order valence-electron chi connectivity index (χ3n) is 7.60. The fourth-order valence-electron chi connectivity index (χ4n) is 4.83. The molecule has 0 radical (unpaired) electrons. The second-order valence-corrected chi connectivity index (χ2v) is 12.0. The molecule has 0 rings (SSSR count). The number of aliphatic hydroxyl groups is 2. The molecule has 2 unspecified atom stereocenters. The second-order valence-electron chi connectivity index (χ2n) is 12.0. The molecule has 2 amide bonds. The van der Waals surface area contributed by atoms with E-state index in [1.165, 1.54) is 38.5 Å². The number of hydrogen-bond donors (Lipinski definition) is 4. The molecule has 0 aliphatic heterocycles. The quantitative estimate of drug-likeness (QED) is 0.0462. The highest BCUT2D eigenvalue weighted by atomic mass is 16.3. The minimum absolute atomic E-state index is 0.0575. The first-order valence-electron chi connectivity index (χ1n) is 18.1. The molecule has 0 aromatic rings. The molecule has 2 atom stereocenters. The first-order valence-corrected chi connectivity index (χ1v) is 18.1. The Bertz CT molecular complexity index is 711. The molecular weight excluding hydrogens is 548 g/mol. The van der Waals surface area contributed by atoms with Crippen LogP contribution in [0.4, 0.5) is 0 Å². The van der Waals surface area contributed by atoms with Crippen molar-refractivity contribution < 1.29 is 19.8 Å². The van der Waals surface area contributed by atoms with Gasteiger partial charge in [0, 0.05) is 25.9 Å². The van der Waals surface area contributed by atoms with Crippen molar-refractivity contribution in [3.05, 3.63) is 48.6 Å². The van der Waals surface area contributed by atoms with Crippen LogP contribution in [0.1, 0.15) is 155 Å². The van der Waals surface area contributed by atoms with Gasteiger partial charge in [0.15, 0.2) is 0 Å². The smallest absolute Gasteiger partial charge is 0.220 e. The Hall–Kier alpha value is -2.18. The van der Waals surface area contributed by atoms with Gasteiger partial charge in [-0.1, -0.05) is 127 Å². The average Bonchev–Trinajstić information content (AvgIpc) is 3.01. The van der Waals surface area contributed by atoms with Crippen LogP contribution in [-0.4, -0.2) is 47.3 Å². The molecule has 0 heterocycles. The number of aliphatic hydroxyl groups excluding tert-OH is 2. The summed E-state index contributed by atoms with van der Waals surface area (Å²) in [6.45, 7) is 5.35. The molecule has 6 heteroatoms. The van der Waals surface area contributed by atoms with E-state index in [-0.39, 0.29) is 11.8 Å². The first-order chi connectivity index (χ1) is 21.5. The fraction of sp³-hybridized carbons (Fsp3) is 0.737.